The molecular formula is C50H58N8O9. The van der Waals surface area contributed by atoms with Gasteiger partial charge >= 0.3 is 6.01 Å². The number of hydrogen-bond donors (Lipinski definition) is 2. The van der Waals surface area contributed by atoms with Gasteiger partial charge in [-0.25, -0.2) is 0 Å². The van der Waals surface area contributed by atoms with E-state index in [2.05, 4.69) is 32.7 Å². The topological polar surface area (TPSA) is 187 Å². The Morgan fingerprint density at radius 2 is 1.70 bits per heavy atom. The van der Waals surface area contributed by atoms with Gasteiger partial charge in [-0.1, -0.05) is 43.0 Å². The largest absolute Gasteiger partial charge is 0.508 e. The molecule has 2 atom stereocenters. The number of carbonyl (C=O) groups is 5. The number of ether oxygens (including phenoxy) is 3. The van der Waals surface area contributed by atoms with Crippen LogP contribution in [0.15, 0.2) is 67.3 Å². The summed E-state index contributed by atoms with van der Waals surface area (Å²) >= 11 is 0. The number of phenols is 1. The van der Waals surface area contributed by atoms with E-state index in [1.54, 1.807) is 18.2 Å². The smallest absolute Gasteiger partial charge is 0.318 e. The third-order valence-electron chi connectivity index (χ3n) is 13.5. The summed E-state index contributed by atoms with van der Waals surface area (Å²) in [5.74, 6) is -1.02. The maximum absolute atomic E-state index is 13.4. The molecule has 5 amide bonds. The van der Waals surface area contributed by atoms with Crippen LogP contribution in [0.1, 0.15) is 76.6 Å². The van der Waals surface area contributed by atoms with Crippen LogP contribution in [0.25, 0.3) is 10.8 Å². The molecule has 0 aliphatic carbocycles. The number of hydrogen-bond acceptors (Lipinski definition) is 14. The molecule has 0 saturated carbocycles. The Balaban J connectivity index is 0.741. The number of carbonyl (C=O) groups excluding carboxylic acids is 5. The Bertz CT molecular complexity index is 2550. The summed E-state index contributed by atoms with van der Waals surface area (Å²) in [6, 6.07) is 16.2. The number of anilines is 2. The summed E-state index contributed by atoms with van der Waals surface area (Å²) in [6.45, 7) is 13.2. The molecule has 0 spiro atoms. The minimum absolute atomic E-state index is 0.0674. The van der Waals surface area contributed by atoms with E-state index < -0.39 is 29.7 Å². The van der Waals surface area contributed by atoms with Gasteiger partial charge in [0.2, 0.25) is 17.7 Å². The van der Waals surface area contributed by atoms with Crippen molar-refractivity contribution in [1.82, 2.24) is 30.0 Å². The van der Waals surface area contributed by atoms with Crippen LogP contribution in [0.3, 0.4) is 0 Å². The van der Waals surface area contributed by atoms with Crippen molar-refractivity contribution >= 4 is 51.8 Å². The number of aromatic nitrogens is 2. The molecule has 0 radical (unpaired) electrons. The lowest BCUT2D eigenvalue weighted by molar-refractivity contribution is -0.136. The standard InChI is InChI=1S/C50H58N8O9/c1-3-44(61)55-21-23-56(24-22-55)46-38-17-20-57(42-29-35(59)28-34-8-4-5-11-37(34)42)31-40(38)51-50(53-46)67-32(2)30-54-18-15-36(16-19-54)66-27-26-65-25-7-10-33-9-6-12-39-45(33)49(64)58(48(39)63)41-13-14-43(60)52-47(41)62/h3-6,8-9,11-12,28-29,32,36,41,59H,1,7,10,13-27,30-31H2,2H3,(H,52,60,62)/t32-,41?/m1/s1. The first-order valence-corrected chi connectivity index (χ1v) is 23.5. The van der Waals surface area contributed by atoms with Crippen molar-refractivity contribution in [3.8, 4) is 11.8 Å². The highest BCUT2D eigenvalue weighted by molar-refractivity contribution is 6.24. The number of likely N-dealkylation sites (tertiary alicyclic amines) is 1. The second-order valence-electron chi connectivity index (χ2n) is 17.9. The Morgan fingerprint density at radius 1 is 0.896 bits per heavy atom. The summed E-state index contributed by atoms with van der Waals surface area (Å²) in [6.07, 6.45) is 5.15. The molecule has 17 nitrogen and oxygen atoms in total. The molecule has 2 N–H and O–H groups in total. The predicted octanol–water partition coefficient (Wildman–Crippen LogP) is 4.03. The predicted molar refractivity (Wildman–Crippen MR) is 249 cm³/mol. The van der Waals surface area contributed by atoms with Crippen molar-refractivity contribution in [2.75, 3.05) is 82.0 Å². The lowest BCUT2D eigenvalue weighted by Gasteiger charge is -2.38. The van der Waals surface area contributed by atoms with Gasteiger partial charge in [0.25, 0.3) is 11.8 Å². The van der Waals surface area contributed by atoms with Crippen molar-refractivity contribution in [3.63, 3.8) is 0 Å². The van der Waals surface area contributed by atoms with Gasteiger partial charge in [0.15, 0.2) is 0 Å². The normalized spacial score (nSPS) is 19.7. The minimum Gasteiger partial charge on any atom is -0.508 e. The number of phenolic OH excluding ortho intramolecular Hbond substituents is 1. The number of piperazine rings is 1. The molecule has 9 rings (SSSR count). The fourth-order valence-electron chi connectivity index (χ4n) is 10.1. The third kappa shape index (κ3) is 9.99. The number of amides is 5. The number of benzene rings is 3. The lowest BCUT2D eigenvalue weighted by Crippen LogP contribution is -2.54. The van der Waals surface area contributed by atoms with E-state index in [4.69, 9.17) is 24.2 Å². The molecule has 5 aliphatic rings. The van der Waals surface area contributed by atoms with Crippen LogP contribution < -0.4 is 19.9 Å². The van der Waals surface area contributed by atoms with E-state index in [1.165, 1.54) is 6.08 Å². The second-order valence-corrected chi connectivity index (χ2v) is 17.9. The van der Waals surface area contributed by atoms with Gasteiger partial charge < -0.3 is 34.0 Å². The van der Waals surface area contributed by atoms with Crippen LogP contribution in [-0.4, -0.2) is 150 Å². The molecule has 352 valence electrons. The van der Waals surface area contributed by atoms with Crippen LogP contribution in [0.5, 0.6) is 11.8 Å². The summed E-state index contributed by atoms with van der Waals surface area (Å²) in [4.78, 5) is 82.8. The Kier molecular flexibility index (Phi) is 13.8. The molecule has 0 bridgehead atoms. The van der Waals surface area contributed by atoms with Gasteiger partial charge in [0.05, 0.1) is 42.7 Å². The van der Waals surface area contributed by atoms with Crippen molar-refractivity contribution in [2.45, 2.75) is 76.7 Å². The summed E-state index contributed by atoms with van der Waals surface area (Å²) in [7, 11) is 0. The van der Waals surface area contributed by atoms with Crippen LogP contribution in [0, 0.1) is 0 Å². The second kappa shape index (κ2) is 20.2. The van der Waals surface area contributed by atoms with Gasteiger partial charge in [0.1, 0.15) is 23.7 Å². The van der Waals surface area contributed by atoms with Crippen LogP contribution >= 0.6 is 0 Å². The SMILES string of the molecule is C=CC(=O)N1CCN(c2nc(O[C@H](C)CN3CCC(OCCOCCCc4cccc5c4C(=O)N(C4CCC(=O)NC4=O)C5=O)CC3)nc3c2CCN(c2cc(O)cc4ccccc24)C3)CC1. The average Bonchev–Trinajstić information content (AvgIpc) is 3.59. The maximum atomic E-state index is 13.4. The quantitative estimate of drug-likeness (QED) is 0.0932. The summed E-state index contributed by atoms with van der Waals surface area (Å²) in [5, 5.41) is 14.9. The zero-order chi connectivity index (χ0) is 46.6. The highest BCUT2D eigenvalue weighted by Gasteiger charge is 2.45. The zero-order valence-corrected chi connectivity index (χ0v) is 38.0. The van der Waals surface area contributed by atoms with Crippen LogP contribution in [-0.2, 0) is 43.2 Å². The molecule has 67 heavy (non-hydrogen) atoms. The molecule has 3 aromatic carbocycles. The number of aryl methyl sites for hydroxylation is 1. The van der Waals surface area contributed by atoms with Crippen molar-refractivity contribution in [1.29, 1.82) is 0 Å². The maximum Gasteiger partial charge on any atom is 0.318 e. The van der Waals surface area contributed by atoms with E-state index in [1.807, 2.05) is 42.2 Å². The zero-order valence-electron chi connectivity index (χ0n) is 38.0. The van der Waals surface area contributed by atoms with Gasteiger partial charge in [-0.3, -0.25) is 39.1 Å². The molecule has 6 heterocycles. The molecule has 3 saturated heterocycles. The molecule has 4 aromatic rings. The first kappa shape index (κ1) is 45.7. The molecule has 17 heteroatoms. The van der Waals surface area contributed by atoms with E-state index in [0.29, 0.717) is 83.5 Å². The number of nitrogens with one attached hydrogen (secondary N) is 1. The van der Waals surface area contributed by atoms with E-state index >= 15 is 0 Å². The van der Waals surface area contributed by atoms with Crippen molar-refractivity contribution < 1.29 is 43.3 Å². The van der Waals surface area contributed by atoms with Gasteiger partial charge in [-0.05, 0) is 74.6 Å². The highest BCUT2D eigenvalue weighted by atomic mass is 16.5. The van der Waals surface area contributed by atoms with E-state index in [0.717, 1.165) is 82.9 Å². The van der Waals surface area contributed by atoms with E-state index in [-0.39, 0.29) is 42.3 Å². The number of piperidine rings is 2. The van der Waals surface area contributed by atoms with Gasteiger partial charge in [-0.15, -0.1) is 0 Å². The number of aromatic hydroxyl groups is 1. The highest BCUT2D eigenvalue weighted by Crippen LogP contribution is 2.37. The fraction of sp³-hybridized carbons (Fsp3) is 0.460. The third-order valence-corrected chi connectivity index (χ3v) is 13.5. The molecule has 5 aliphatic heterocycles. The first-order chi connectivity index (χ1) is 32.5. The first-order valence-electron chi connectivity index (χ1n) is 23.5. The summed E-state index contributed by atoms with van der Waals surface area (Å²) < 4.78 is 18.6. The monoisotopic (exact) mass is 914 g/mol. The molecular weight excluding hydrogens is 857 g/mol. The Labute approximate surface area is 389 Å². The van der Waals surface area contributed by atoms with Gasteiger partial charge in [-0.2, -0.15) is 9.97 Å². The molecule has 1 unspecified atom stereocenters. The van der Waals surface area contributed by atoms with Crippen LogP contribution in [0.2, 0.25) is 0 Å². The average molecular weight is 915 g/mol. The van der Waals surface area contributed by atoms with Gasteiger partial charge in [0, 0.05) is 88.1 Å². The van der Waals surface area contributed by atoms with Crippen LogP contribution in [0.4, 0.5) is 11.5 Å². The van der Waals surface area contributed by atoms with Crippen molar-refractivity contribution in [2.24, 2.45) is 0 Å². The van der Waals surface area contributed by atoms with E-state index in [9.17, 15) is 29.1 Å². The molecule has 3 fully saturated rings. The summed E-state index contributed by atoms with van der Waals surface area (Å²) in [5.41, 5.74) is 4.28. The number of fused-ring (bicyclic) bond motifs is 3. The lowest BCUT2D eigenvalue weighted by atomic mass is 9.99. The number of rotatable bonds is 16. The molecule has 1 aromatic heterocycles. The number of imide groups is 2. The van der Waals surface area contributed by atoms with Crippen molar-refractivity contribution in [3.05, 3.63) is 95.2 Å². The minimum atomic E-state index is -0.994. The fourth-order valence-corrected chi connectivity index (χ4v) is 10.1. The Hall–Kier alpha value is -6.43. The Morgan fingerprint density at radius 3 is 2.49 bits per heavy atom. The number of nitrogens with zero attached hydrogens (tertiary/aromatic N) is 7.